The van der Waals surface area contributed by atoms with Gasteiger partial charge in [0.25, 0.3) is 0 Å². The highest BCUT2D eigenvalue weighted by atomic mass is 16.1. The molecule has 0 N–H and O–H groups in total. The minimum Gasteiger partial charge on any atom is -0.211 e. The summed E-state index contributed by atoms with van der Waals surface area (Å²) in [6.07, 6.45) is 10.2. The van der Waals surface area contributed by atoms with E-state index in [0.717, 1.165) is 42.6 Å². The Bertz CT molecular complexity index is 265. The van der Waals surface area contributed by atoms with Gasteiger partial charge in [0.15, 0.2) is 0 Å². The molecule has 15 heavy (non-hydrogen) atoms. The highest BCUT2D eigenvalue weighted by Gasteiger charge is 2.47. The van der Waals surface area contributed by atoms with Crippen molar-refractivity contribution >= 4 is 6.08 Å². The van der Waals surface area contributed by atoms with Crippen molar-refractivity contribution < 1.29 is 4.79 Å². The lowest BCUT2D eigenvalue weighted by Gasteiger charge is -2.54. The molecule has 4 bridgehead atoms. The first-order valence-electron chi connectivity index (χ1n) is 6.40. The molecule has 0 radical (unpaired) electrons. The highest BCUT2D eigenvalue weighted by Crippen LogP contribution is 2.57. The molecule has 4 aliphatic carbocycles. The average Bonchev–Trinajstić information content (AvgIpc) is 2.21. The van der Waals surface area contributed by atoms with Crippen LogP contribution in [-0.4, -0.2) is 12.6 Å². The summed E-state index contributed by atoms with van der Waals surface area (Å²) in [6, 6.07) is 0. The van der Waals surface area contributed by atoms with E-state index < -0.39 is 0 Å². The van der Waals surface area contributed by atoms with Gasteiger partial charge in [0.05, 0.1) is 6.54 Å². The third kappa shape index (κ3) is 1.65. The average molecular weight is 205 g/mol. The lowest BCUT2D eigenvalue weighted by molar-refractivity contribution is -0.0385. The molecule has 0 aromatic heterocycles. The molecule has 4 saturated carbocycles. The molecule has 4 rings (SSSR count). The van der Waals surface area contributed by atoms with E-state index in [2.05, 4.69) is 4.99 Å². The monoisotopic (exact) mass is 205 g/mol. The van der Waals surface area contributed by atoms with Crippen LogP contribution in [0.25, 0.3) is 0 Å². The normalized spacial score (nSPS) is 46.5. The van der Waals surface area contributed by atoms with Gasteiger partial charge in [0, 0.05) is 0 Å². The van der Waals surface area contributed by atoms with Gasteiger partial charge in [-0.3, -0.25) is 0 Å². The van der Waals surface area contributed by atoms with Crippen molar-refractivity contribution in [2.24, 2.45) is 34.6 Å². The van der Waals surface area contributed by atoms with Crippen molar-refractivity contribution in [3.63, 3.8) is 0 Å². The lowest BCUT2D eigenvalue weighted by atomic mass is 9.51. The number of aliphatic imine (C=N–C) groups is 1. The van der Waals surface area contributed by atoms with Crippen molar-refractivity contribution in [3.05, 3.63) is 0 Å². The molecule has 0 saturated heterocycles. The number of nitrogens with zero attached hydrogens (tertiary/aromatic N) is 1. The molecule has 4 aliphatic rings. The number of hydrogen-bond donors (Lipinski definition) is 0. The Morgan fingerprint density at radius 1 is 1.00 bits per heavy atom. The van der Waals surface area contributed by atoms with Gasteiger partial charge in [0.2, 0.25) is 6.08 Å². The zero-order valence-electron chi connectivity index (χ0n) is 9.19. The maximum Gasteiger partial charge on any atom is 0.234 e. The van der Waals surface area contributed by atoms with Gasteiger partial charge in [-0.15, -0.1) is 0 Å². The quantitative estimate of drug-likeness (QED) is 0.514. The maximum absolute atomic E-state index is 10.1. The fraction of sp³-hybridized carbons (Fsp3) is 0.923. The summed E-state index contributed by atoms with van der Waals surface area (Å²) in [5, 5.41) is 0. The Hall–Kier alpha value is -0.620. The Morgan fingerprint density at radius 3 is 2.13 bits per heavy atom. The van der Waals surface area contributed by atoms with E-state index in [0.29, 0.717) is 0 Å². The molecule has 0 aliphatic heterocycles. The van der Waals surface area contributed by atoms with Crippen LogP contribution in [0.2, 0.25) is 0 Å². The van der Waals surface area contributed by atoms with Gasteiger partial charge in [0.1, 0.15) is 0 Å². The van der Waals surface area contributed by atoms with Crippen LogP contribution in [0.1, 0.15) is 38.5 Å². The summed E-state index contributed by atoms with van der Waals surface area (Å²) < 4.78 is 0. The molecule has 2 nitrogen and oxygen atoms in total. The highest BCUT2D eigenvalue weighted by molar-refractivity contribution is 5.32. The van der Waals surface area contributed by atoms with Crippen molar-refractivity contribution in [3.8, 4) is 0 Å². The van der Waals surface area contributed by atoms with Crippen molar-refractivity contribution in [1.82, 2.24) is 0 Å². The summed E-state index contributed by atoms with van der Waals surface area (Å²) in [5.41, 5.74) is 0. The molecule has 0 spiro atoms. The first-order chi connectivity index (χ1) is 7.36. The van der Waals surface area contributed by atoms with Gasteiger partial charge < -0.3 is 0 Å². The van der Waals surface area contributed by atoms with Crippen LogP contribution in [0, 0.1) is 29.6 Å². The van der Waals surface area contributed by atoms with Gasteiger partial charge in [-0.05, 0) is 68.1 Å². The second kappa shape index (κ2) is 3.75. The van der Waals surface area contributed by atoms with Gasteiger partial charge in [-0.25, -0.2) is 9.79 Å². The van der Waals surface area contributed by atoms with E-state index in [1.54, 1.807) is 6.08 Å². The molecule has 0 atom stereocenters. The zero-order chi connectivity index (χ0) is 10.3. The first-order valence-corrected chi connectivity index (χ1v) is 6.40. The number of isocyanates is 1. The standard InChI is InChI=1S/C13H19NO/c15-8-14-2-1-13-11-4-9-3-10(6-11)7-12(13)5-9/h9-13H,1-7H2. The third-order valence-corrected chi connectivity index (χ3v) is 5.06. The summed E-state index contributed by atoms with van der Waals surface area (Å²) in [5.74, 6) is 4.94. The minimum absolute atomic E-state index is 0.719. The van der Waals surface area contributed by atoms with E-state index in [-0.39, 0.29) is 0 Å². The Balaban J connectivity index is 1.66. The SMILES string of the molecule is O=C=NCCC1C2CC3CC(C2)CC1C3. The second-order valence-corrected chi connectivity index (χ2v) is 5.86. The summed E-state index contributed by atoms with van der Waals surface area (Å²) in [4.78, 5) is 13.8. The maximum atomic E-state index is 10.1. The lowest BCUT2D eigenvalue weighted by Crippen LogP contribution is -2.45. The number of rotatable bonds is 3. The molecule has 0 unspecified atom stereocenters. The van der Waals surface area contributed by atoms with E-state index >= 15 is 0 Å². The van der Waals surface area contributed by atoms with Crippen LogP contribution in [0.3, 0.4) is 0 Å². The van der Waals surface area contributed by atoms with Crippen molar-refractivity contribution in [2.75, 3.05) is 6.54 Å². The number of hydrogen-bond acceptors (Lipinski definition) is 2. The Labute approximate surface area is 91.2 Å². The summed E-state index contributed by atoms with van der Waals surface area (Å²) >= 11 is 0. The third-order valence-electron chi connectivity index (χ3n) is 5.06. The molecule has 0 heterocycles. The smallest absolute Gasteiger partial charge is 0.211 e. The van der Waals surface area contributed by atoms with E-state index in [1.807, 2.05) is 0 Å². The molecule has 82 valence electrons. The molecular weight excluding hydrogens is 186 g/mol. The molecule has 0 aromatic carbocycles. The predicted molar refractivity (Wildman–Crippen MR) is 58.1 cm³/mol. The minimum atomic E-state index is 0.719. The van der Waals surface area contributed by atoms with Crippen LogP contribution in [0.4, 0.5) is 0 Å². The van der Waals surface area contributed by atoms with Crippen LogP contribution in [0.5, 0.6) is 0 Å². The molecule has 4 fully saturated rings. The Morgan fingerprint density at radius 2 is 1.60 bits per heavy atom. The molecule has 0 amide bonds. The zero-order valence-corrected chi connectivity index (χ0v) is 9.19. The fourth-order valence-electron chi connectivity index (χ4n) is 4.77. The summed E-state index contributed by atoms with van der Waals surface area (Å²) in [7, 11) is 0. The molecule has 2 heteroatoms. The van der Waals surface area contributed by atoms with Crippen molar-refractivity contribution in [2.45, 2.75) is 38.5 Å². The van der Waals surface area contributed by atoms with E-state index in [1.165, 1.54) is 32.1 Å². The van der Waals surface area contributed by atoms with Crippen LogP contribution in [-0.2, 0) is 4.79 Å². The topological polar surface area (TPSA) is 29.4 Å². The van der Waals surface area contributed by atoms with E-state index in [4.69, 9.17) is 0 Å². The van der Waals surface area contributed by atoms with Gasteiger partial charge in [-0.1, -0.05) is 0 Å². The second-order valence-electron chi connectivity index (χ2n) is 5.86. The largest absolute Gasteiger partial charge is 0.234 e. The van der Waals surface area contributed by atoms with Crippen LogP contribution in [0.15, 0.2) is 4.99 Å². The predicted octanol–water partition coefficient (Wildman–Crippen LogP) is 2.78. The molecule has 0 aromatic rings. The van der Waals surface area contributed by atoms with Crippen LogP contribution < -0.4 is 0 Å². The first kappa shape index (κ1) is 9.59. The summed E-state index contributed by atoms with van der Waals surface area (Å²) in [6.45, 7) is 0.719. The number of carbonyl (C=O) groups excluding carboxylic acids is 1. The molecular formula is C13H19NO. The van der Waals surface area contributed by atoms with Crippen LogP contribution >= 0.6 is 0 Å². The van der Waals surface area contributed by atoms with Gasteiger partial charge in [-0.2, -0.15) is 0 Å². The Kier molecular flexibility index (Phi) is 2.40. The van der Waals surface area contributed by atoms with Gasteiger partial charge >= 0.3 is 0 Å². The fourth-order valence-corrected chi connectivity index (χ4v) is 4.77. The van der Waals surface area contributed by atoms with Crippen molar-refractivity contribution in [1.29, 1.82) is 0 Å². The van der Waals surface area contributed by atoms with E-state index in [9.17, 15) is 4.79 Å².